The zero-order valence-corrected chi connectivity index (χ0v) is 15.8. The number of furan rings is 1. The number of rotatable bonds is 2. The molecule has 0 aliphatic rings. The van der Waals surface area contributed by atoms with E-state index in [1.807, 2.05) is 78.9 Å². The topological polar surface area (TPSA) is 35.1 Å². The van der Waals surface area contributed by atoms with Gasteiger partial charge in [0, 0.05) is 20.8 Å². The minimum Gasteiger partial charge on any atom is -0.461 e. The summed E-state index contributed by atoms with van der Waals surface area (Å²) >= 11 is 3.51. The Balaban J connectivity index is 1.88. The minimum absolute atomic E-state index is 0.0905. The fraction of sp³-hybridized carbons (Fsp3) is 0. The van der Waals surface area contributed by atoms with Crippen molar-refractivity contribution in [3.63, 3.8) is 0 Å². The quantitative estimate of drug-likeness (QED) is 0.329. The van der Waals surface area contributed by atoms with Gasteiger partial charge >= 0.3 is 0 Å². The van der Waals surface area contributed by atoms with E-state index in [-0.39, 0.29) is 5.91 Å². The van der Waals surface area contributed by atoms with Gasteiger partial charge in [-0.3, -0.25) is 9.36 Å². The van der Waals surface area contributed by atoms with E-state index in [2.05, 4.69) is 15.9 Å². The molecule has 0 spiro atoms. The van der Waals surface area contributed by atoms with Gasteiger partial charge in [-0.15, -0.1) is 0 Å². The summed E-state index contributed by atoms with van der Waals surface area (Å²) in [5.74, 6) is 0.606. The van der Waals surface area contributed by atoms with Gasteiger partial charge in [0.05, 0.1) is 11.1 Å². The highest BCUT2D eigenvalue weighted by Crippen LogP contribution is 2.38. The molecule has 5 aromatic rings. The molecule has 0 amide bonds. The third kappa shape index (κ3) is 2.45. The van der Waals surface area contributed by atoms with Gasteiger partial charge in [-0.25, -0.2) is 0 Å². The molecule has 0 aliphatic heterocycles. The molecular formula is C23H14BrNO2. The van der Waals surface area contributed by atoms with Gasteiger partial charge in [0.25, 0.3) is 5.91 Å². The van der Waals surface area contributed by atoms with Crippen LogP contribution in [0.15, 0.2) is 94.0 Å². The first kappa shape index (κ1) is 16.1. The number of carbonyl (C=O) groups excluding carboxylic acids is 1. The van der Waals surface area contributed by atoms with E-state index >= 15 is 0 Å². The Morgan fingerprint density at radius 3 is 2.33 bits per heavy atom. The predicted octanol–water partition coefficient (Wildman–Crippen LogP) is 6.51. The molecular weight excluding hydrogens is 402 g/mol. The van der Waals surface area contributed by atoms with E-state index in [4.69, 9.17) is 4.42 Å². The van der Waals surface area contributed by atoms with Crippen molar-refractivity contribution in [3.8, 4) is 11.3 Å². The van der Waals surface area contributed by atoms with Gasteiger partial charge in [-0.2, -0.15) is 0 Å². The summed E-state index contributed by atoms with van der Waals surface area (Å²) < 4.78 is 8.45. The molecule has 0 unspecified atom stereocenters. The Morgan fingerprint density at radius 2 is 1.52 bits per heavy atom. The van der Waals surface area contributed by atoms with Crippen LogP contribution in [0, 0.1) is 0 Å². The van der Waals surface area contributed by atoms with E-state index in [1.54, 1.807) is 10.8 Å². The average Bonchev–Trinajstić information content (AvgIpc) is 3.27. The molecule has 0 saturated carbocycles. The van der Waals surface area contributed by atoms with E-state index in [0.717, 1.165) is 31.8 Å². The fourth-order valence-electron chi connectivity index (χ4n) is 3.54. The summed E-state index contributed by atoms with van der Waals surface area (Å²) in [5.41, 5.74) is 3.22. The average molecular weight is 416 g/mol. The van der Waals surface area contributed by atoms with Gasteiger partial charge in [0.15, 0.2) is 5.76 Å². The van der Waals surface area contributed by atoms with E-state index in [0.29, 0.717) is 11.3 Å². The van der Waals surface area contributed by atoms with Gasteiger partial charge in [0.1, 0.15) is 11.8 Å². The SMILES string of the molecule is O=C(c1ccccc1Br)n1c2ccccc2c2coc(-c3ccccc3)c21. The third-order valence-corrected chi connectivity index (χ3v) is 5.46. The first-order valence-corrected chi connectivity index (χ1v) is 9.40. The molecule has 0 atom stereocenters. The molecule has 3 aromatic carbocycles. The summed E-state index contributed by atoms with van der Waals surface area (Å²) in [4.78, 5) is 13.5. The fourth-order valence-corrected chi connectivity index (χ4v) is 4.00. The van der Waals surface area contributed by atoms with Crippen LogP contribution in [0.2, 0.25) is 0 Å². The summed E-state index contributed by atoms with van der Waals surface area (Å²) in [6.45, 7) is 0. The third-order valence-electron chi connectivity index (χ3n) is 4.77. The second-order valence-electron chi connectivity index (χ2n) is 6.33. The summed E-state index contributed by atoms with van der Waals surface area (Å²) in [7, 11) is 0. The van der Waals surface area contributed by atoms with E-state index in [9.17, 15) is 4.79 Å². The zero-order chi connectivity index (χ0) is 18.4. The van der Waals surface area contributed by atoms with Crippen LogP contribution in [-0.4, -0.2) is 10.5 Å². The Labute approximate surface area is 164 Å². The van der Waals surface area contributed by atoms with Crippen LogP contribution >= 0.6 is 15.9 Å². The number of fused-ring (bicyclic) bond motifs is 3. The Kier molecular flexibility index (Phi) is 3.73. The molecule has 0 N–H and O–H groups in total. The van der Waals surface area contributed by atoms with Crippen LogP contribution < -0.4 is 0 Å². The monoisotopic (exact) mass is 415 g/mol. The number of hydrogen-bond acceptors (Lipinski definition) is 2. The van der Waals surface area contributed by atoms with Crippen molar-refractivity contribution in [1.82, 2.24) is 4.57 Å². The molecule has 27 heavy (non-hydrogen) atoms. The van der Waals surface area contributed by atoms with Crippen LogP contribution in [0.5, 0.6) is 0 Å². The van der Waals surface area contributed by atoms with E-state index < -0.39 is 0 Å². The van der Waals surface area contributed by atoms with Crippen molar-refractivity contribution < 1.29 is 9.21 Å². The van der Waals surface area contributed by atoms with Crippen molar-refractivity contribution in [2.75, 3.05) is 0 Å². The highest BCUT2D eigenvalue weighted by Gasteiger charge is 2.23. The summed E-state index contributed by atoms with van der Waals surface area (Å²) in [5, 5.41) is 1.93. The maximum atomic E-state index is 13.5. The lowest BCUT2D eigenvalue weighted by Gasteiger charge is -2.08. The maximum absolute atomic E-state index is 13.5. The van der Waals surface area contributed by atoms with Crippen molar-refractivity contribution in [1.29, 1.82) is 0 Å². The second-order valence-corrected chi connectivity index (χ2v) is 7.19. The Bertz CT molecular complexity index is 1300. The Morgan fingerprint density at radius 1 is 0.815 bits per heavy atom. The molecule has 0 radical (unpaired) electrons. The number of aromatic nitrogens is 1. The van der Waals surface area contributed by atoms with Crippen LogP contribution in [0.4, 0.5) is 0 Å². The molecule has 0 bridgehead atoms. The maximum Gasteiger partial charge on any atom is 0.264 e. The lowest BCUT2D eigenvalue weighted by atomic mass is 10.1. The molecule has 2 aromatic heterocycles. The second kappa shape index (κ2) is 6.25. The standard InChI is InChI=1S/C23H14BrNO2/c24-19-12-6-4-11-17(19)23(26)25-20-13-7-5-10-16(20)18-14-27-22(21(18)25)15-8-2-1-3-9-15/h1-14H. The smallest absolute Gasteiger partial charge is 0.264 e. The molecule has 0 saturated heterocycles. The van der Waals surface area contributed by atoms with Gasteiger partial charge < -0.3 is 4.42 Å². The van der Waals surface area contributed by atoms with Crippen LogP contribution in [0.1, 0.15) is 10.4 Å². The molecule has 4 heteroatoms. The predicted molar refractivity (Wildman–Crippen MR) is 111 cm³/mol. The minimum atomic E-state index is -0.0905. The summed E-state index contributed by atoms with van der Waals surface area (Å²) in [6.07, 6.45) is 1.74. The molecule has 3 nitrogen and oxygen atoms in total. The van der Waals surface area contributed by atoms with Crippen molar-refractivity contribution in [2.45, 2.75) is 0 Å². The van der Waals surface area contributed by atoms with Crippen molar-refractivity contribution >= 4 is 43.6 Å². The summed E-state index contributed by atoms with van der Waals surface area (Å²) in [6, 6.07) is 25.3. The number of halogens is 1. The zero-order valence-electron chi connectivity index (χ0n) is 14.2. The molecule has 130 valence electrons. The first-order chi connectivity index (χ1) is 13.3. The normalized spacial score (nSPS) is 11.3. The number of para-hydroxylation sites is 1. The van der Waals surface area contributed by atoms with Crippen LogP contribution in [0.25, 0.3) is 33.1 Å². The van der Waals surface area contributed by atoms with Crippen molar-refractivity contribution in [2.24, 2.45) is 0 Å². The van der Waals surface area contributed by atoms with Crippen molar-refractivity contribution in [3.05, 3.63) is 95.2 Å². The van der Waals surface area contributed by atoms with Crippen LogP contribution in [0.3, 0.4) is 0 Å². The Hall–Kier alpha value is -3.11. The number of carbonyl (C=O) groups is 1. The number of nitrogens with zero attached hydrogens (tertiary/aromatic N) is 1. The van der Waals surface area contributed by atoms with Gasteiger partial charge in [-0.05, 0) is 34.1 Å². The molecule has 5 rings (SSSR count). The molecule has 0 aliphatic carbocycles. The lowest BCUT2D eigenvalue weighted by molar-refractivity contribution is 0.0968. The molecule has 2 heterocycles. The lowest BCUT2D eigenvalue weighted by Crippen LogP contribution is -2.12. The number of hydrogen-bond donors (Lipinski definition) is 0. The van der Waals surface area contributed by atoms with E-state index in [1.165, 1.54) is 0 Å². The van der Waals surface area contributed by atoms with Gasteiger partial charge in [0.2, 0.25) is 0 Å². The highest BCUT2D eigenvalue weighted by atomic mass is 79.9. The largest absolute Gasteiger partial charge is 0.461 e. The highest BCUT2D eigenvalue weighted by molar-refractivity contribution is 9.10. The van der Waals surface area contributed by atoms with Crippen LogP contribution in [-0.2, 0) is 0 Å². The first-order valence-electron chi connectivity index (χ1n) is 8.61. The number of benzene rings is 3. The van der Waals surface area contributed by atoms with Gasteiger partial charge in [-0.1, -0.05) is 60.7 Å². The molecule has 0 fully saturated rings.